The zero-order chi connectivity index (χ0) is 24.5. The number of aromatic nitrogens is 4. The minimum atomic E-state index is -0.517. The van der Waals surface area contributed by atoms with Gasteiger partial charge in [-0.1, -0.05) is 32.9 Å². The summed E-state index contributed by atoms with van der Waals surface area (Å²) in [5.41, 5.74) is 9.50. The van der Waals surface area contributed by atoms with Crippen molar-refractivity contribution in [3.05, 3.63) is 71.9 Å². The Morgan fingerprint density at radius 3 is 2.50 bits per heavy atom. The van der Waals surface area contributed by atoms with Crippen LogP contribution >= 0.6 is 0 Å². The first kappa shape index (κ1) is 22.9. The van der Waals surface area contributed by atoms with Gasteiger partial charge in [-0.15, -0.1) is 0 Å². The van der Waals surface area contributed by atoms with Crippen molar-refractivity contribution in [3.8, 4) is 22.6 Å². The summed E-state index contributed by atoms with van der Waals surface area (Å²) in [6.45, 7) is 7.98. The van der Waals surface area contributed by atoms with Crippen molar-refractivity contribution < 1.29 is 9.18 Å². The third kappa shape index (κ3) is 5.20. The second kappa shape index (κ2) is 8.93. The number of anilines is 3. The van der Waals surface area contributed by atoms with Gasteiger partial charge in [0, 0.05) is 28.6 Å². The maximum atomic E-state index is 14.6. The predicted molar refractivity (Wildman–Crippen MR) is 132 cm³/mol. The van der Waals surface area contributed by atoms with E-state index in [-0.39, 0.29) is 17.1 Å². The van der Waals surface area contributed by atoms with Crippen molar-refractivity contribution in [2.24, 2.45) is 0 Å². The van der Waals surface area contributed by atoms with E-state index >= 15 is 0 Å². The van der Waals surface area contributed by atoms with Gasteiger partial charge in [-0.2, -0.15) is 0 Å². The number of imidazole rings is 1. The Kier molecular flexibility index (Phi) is 6.02. The van der Waals surface area contributed by atoms with Crippen LogP contribution in [0.4, 0.5) is 26.5 Å². The van der Waals surface area contributed by atoms with E-state index in [1.54, 1.807) is 24.4 Å². The van der Waals surface area contributed by atoms with Crippen LogP contribution in [0.5, 0.6) is 0 Å². The molecule has 0 spiro atoms. The predicted octanol–water partition coefficient (Wildman–Crippen LogP) is 5.50. The number of hydrogen-bond acceptors (Lipinski definition) is 5. The lowest BCUT2D eigenvalue weighted by Crippen LogP contribution is -2.19. The summed E-state index contributed by atoms with van der Waals surface area (Å²) in [5, 5.41) is 5.44. The van der Waals surface area contributed by atoms with E-state index < -0.39 is 11.8 Å². The lowest BCUT2D eigenvalue weighted by atomic mass is 9.96. The van der Waals surface area contributed by atoms with Gasteiger partial charge < -0.3 is 21.4 Å². The summed E-state index contributed by atoms with van der Waals surface area (Å²) in [6, 6.07) is 12.9. The molecule has 0 aliphatic heterocycles. The highest BCUT2D eigenvalue weighted by Crippen LogP contribution is 2.34. The quantitative estimate of drug-likeness (QED) is 0.321. The fourth-order valence-electron chi connectivity index (χ4n) is 3.45. The number of nitrogens with one attached hydrogen (secondary N) is 3. The normalized spacial score (nSPS) is 11.3. The first-order chi connectivity index (χ1) is 16.1. The number of nitrogens with two attached hydrogens (primary N) is 1. The van der Waals surface area contributed by atoms with Gasteiger partial charge >= 0.3 is 6.03 Å². The Morgan fingerprint density at radius 1 is 1.03 bits per heavy atom. The zero-order valence-corrected chi connectivity index (χ0v) is 19.4. The van der Waals surface area contributed by atoms with E-state index in [4.69, 9.17) is 10.7 Å². The van der Waals surface area contributed by atoms with Gasteiger partial charge in [0.25, 0.3) is 0 Å². The number of H-pyrrole nitrogens is 1. The molecule has 4 aromatic rings. The molecule has 0 unspecified atom stereocenters. The first-order valence-corrected chi connectivity index (χ1v) is 10.7. The van der Waals surface area contributed by atoms with Crippen molar-refractivity contribution in [2.75, 3.05) is 16.4 Å². The number of nitrogens with zero attached hydrogens (tertiary/aromatic N) is 3. The SMILES string of the molecule is Cc1cccc(NC(=O)Nc2cc(F)cc(-c3nc(C(C)(C)C)[nH]c3-c3ccnc(N)n3)c2)c1. The Hall–Kier alpha value is -4.27. The van der Waals surface area contributed by atoms with E-state index in [0.717, 1.165) is 5.56 Å². The average Bonchev–Trinajstić information content (AvgIpc) is 3.19. The van der Waals surface area contributed by atoms with Gasteiger partial charge in [-0.3, -0.25) is 0 Å². The highest BCUT2D eigenvalue weighted by molar-refractivity contribution is 6.00. The topological polar surface area (TPSA) is 122 Å². The molecule has 4 rings (SSSR count). The van der Waals surface area contributed by atoms with Gasteiger partial charge in [-0.05, 0) is 48.9 Å². The summed E-state index contributed by atoms with van der Waals surface area (Å²) in [4.78, 5) is 28.8. The molecule has 0 aliphatic rings. The molecule has 5 N–H and O–H groups in total. The Balaban J connectivity index is 1.71. The lowest BCUT2D eigenvalue weighted by molar-refractivity contribution is 0.262. The molecule has 2 aromatic carbocycles. The number of benzene rings is 2. The molecular weight excluding hydrogens is 433 g/mol. The fourth-order valence-corrected chi connectivity index (χ4v) is 3.45. The number of halogens is 1. The van der Waals surface area contributed by atoms with Gasteiger partial charge in [-0.25, -0.2) is 24.1 Å². The average molecular weight is 460 g/mol. The van der Waals surface area contributed by atoms with Crippen LogP contribution in [0.3, 0.4) is 0 Å². The Morgan fingerprint density at radius 2 is 1.79 bits per heavy atom. The molecule has 34 heavy (non-hydrogen) atoms. The minimum Gasteiger partial charge on any atom is -0.368 e. The highest BCUT2D eigenvalue weighted by atomic mass is 19.1. The van der Waals surface area contributed by atoms with E-state index in [1.807, 2.05) is 45.9 Å². The Bertz CT molecular complexity index is 1360. The number of carbonyl (C=O) groups excluding carboxylic acids is 1. The standard InChI is InChI=1S/C25H26FN7O/c1-14-6-5-7-17(10-14)29-24(34)30-18-12-15(11-16(26)13-18)20-21(19-8-9-28-23(27)31-19)33-22(32-20)25(2,3)4/h5-13H,1-4H3,(H,32,33)(H2,27,28,31)(H2,29,30,34). The number of aromatic amines is 1. The van der Waals surface area contributed by atoms with Crippen LogP contribution in [0.2, 0.25) is 0 Å². The Labute approximate surface area is 196 Å². The number of rotatable bonds is 4. The van der Waals surface area contributed by atoms with Crippen molar-refractivity contribution in [1.82, 2.24) is 19.9 Å². The van der Waals surface area contributed by atoms with Gasteiger partial charge in [0.1, 0.15) is 11.6 Å². The molecule has 9 heteroatoms. The van der Waals surface area contributed by atoms with Crippen molar-refractivity contribution in [3.63, 3.8) is 0 Å². The molecule has 2 amide bonds. The molecule has 174 valence electrons. The molecule has 0 atom stereocenters. The number of hydrogen-bond donors (Lipinski definition) is 4. The van der Waals surface area contributed by atoms with Crippen molar-refractivity contribution in [2.45, 2.75) is 33.1 Å². The number of nitrogen functional groups attached to an aromatic ring is 1. The molecule has 0 radical (unpaired) electrons. The van der Waals surface area contributed by atoms with Crippen LogP contribution in [-0.2, 0) is 5.41 Å². The zero-order valence-electron chi connectivity index (χ0n) is 19.4. The second-order valence-corrected chi connectivity index (χ2v) is 9.04. The summed E-state index contributed by atoms with van der Waals surface area (Å²) >= 11 is 0. The van der Waals surface area contributed by atoms with Crippen LogP contribution in [0.1, 0.15) is 32.2 Å². The minimum absolute atomic E-state index is 0.116. The molecule has 2 heterocycles. The van der Waals surface area contributed by atoms with E-state index in [9.17, 15) is 9.18 Å². The molecule has 0 aliphatic carbocycles. The highest BCUT2D eigenvalue weighted by Gasteiger charge is 2.24. The van der Waals surface area contributed by atoms with E-state index in [2.05, 4.69) is 25.6 Å². The molecule has 0 saturated carbocycles. The van der Waals surface area contributed by atoms with Crippen LogP contribution in [0, 0.1) is 12.7 Å². The molecule has 0 bridgehead atoms. The van der Waals surface area contributed by atoms with Crippen LogP contribution in [-0.4, -0.2) is 26.0 Å². The number of carbonyl (C=O) groups is 1. The fraction of sp³-hybridized carbons (Fsp3) is 0.200. The third-order valence-electron chi connectivity index (χ3n) is 5.05. The summed E-state index contributed by atoms with van der Waals surface area (Å²) in [7, 11) is 0. The first-order valence-electron chi connectivity index (χ1n) is 10.7. The van der Waals surface area contributed by atoms with Crippen molar-refractivity contribution in [1.29, 1.82) is 0 Å². The molecular formula is C25H26FN7O. The third-order valence-corrected chi connectivity index (χ3v) is 5.05. The molecule has 0 fully saturated rings. The van der Waals surface area contributed by atoms with Gasteiger partial charge in [0.2, 0.25) is 5.95 Å². The molecule has 2 aromatic heterocycles. The van der Waals surface area contributed by atoms with E-state index in [0.29, 0.717) is 34.2 Å². The number of aryl methyl sites for hydroxylation is 1. The summed E-state index contributed by atoms with van der Waals surface area (Å²) in [6.07, 6.45) is 1.55. The smallest absolute Gasteiger partial charge is 0.323 e. The maximum absolute atomic E-state index is 14.6. The van der Waals surface area contributed by atoms with Gasteiger partial charge in [0.15, 0.2) is 0 Å². The summed E-state index contributed by atoms with van der Waals surface area (Å²) < 4.78 is 14.6. The van der Waals surface area contributed by atoms with Crippen LogP contribution in [0.15, 0.2) is 54.7 Å². The van der Waals surface area contributed by atoms with Gasteiger partial charge in [0.05, 0.1) is 17.1 Å². The lowest BCUT2D eigenvalue weighted by Gasteiger charge is -2.14. The van der Waals surface area contributed by atoms with Crippen LogP contribution < -0.4 is 16.4 Å². The number of urea groups is 1. The monoisotopic (exact) mass is 459 g/mol. The maximum Gasteiger partial charge on any atom is 0.323 e. The molecule has 8 nitrogen and oxygen atoms in total. The summed E-state index contributed by atoms with van der Waals surface area (Å²) in [5.74, 6) is 0.298. The largest absolute Gasteiger partial charge is 0.368 e. The van der Waals surface area contributed by atoms with Crippen molar-refractivity contribution >= 4 is 23.4 Å². The second-order valence-electron chi connectivity index (χ2n) is 9.04. The number of amides is 2. The molecule has 0 saturated heterocycles. The van der Waals surface area contributed by atoms with E-state index in [1.165, 1.54) is 12.1 Å². The van der Waals surface area contributed by atoms with Crippen LogP contribution in [0.25, 0.3) is 22.6 Å².